The highest BCUT2D eigenvalue weighted by Crippen LogP contribution is 2.22. The second kappa shape index (κ2) is 6.51. The molecule has 0 bridgehead atoms. The molecule has 1 aromatic carbocycles. The lowest BCUT2D eigenvalue weighted by Crippen LogP contribution is -2.37. The van der Waals surface area contributed by atoms with Gasteiger partial charge in [0.05, 0.1) is 5.69 Å². The Balaban J connectivity index is 3.23. The maximum Gasteiger partial charge on any atom is 0.249 e. The second-order valence-electron chi connectivity index (χ2n) is 4.32. The number of benzene rings is 1. The first-order chi connectivity index (χ1) is 9.17. The van der Waals surface area contributed by atoms with Crippen LogP contribution in [0.4, 0.5) is 10.1 Å². The van der Waals surface area contributed by atoms with E-state index in [0.717, 1.165) is 16.6 Å². The monoisotopic (exact) mass is 324 g/mol. The number of halogens is 1. The van der Waals surface area contributed by atoms with Crippen LogP contribution in [0.3, 0.4) is 0 Å². The van der Waals surface area contributed by atoms with Gasteiger partial charge in [-0.05, 0) is 25.1 Å². The van der Waals surface area contributed by atoms with Crippen molar-refractivity contribution in [1.82, 2.24) is 0 Å². The maximum absolute atomic E-state index is 13.7. The van der Waals surface area contributed by atoms with Crippen LogP contribution in [0.1, 0.15) is 6.42 Å². The van der Waals surface area contributed by atoms with Gasteiger partial charge >= 0.3 is 0 Å². The molecule has 0 saturated heterocycles. The molecule has 1 aromatic rings. The largest absolute Gasteiger partial charge is 0.330 e. The zero-order chi connectivity index (χ0) is 15.4. The van der Waals surface area contributed by atoms with E-state index in [2.05, 4.69) is 0 Å². The van der Waals surface area contributed by atoms with Crippen LogP contribution < -0.4 is 10.0 Å². The van der Waals surface area contributed by atoms with Crippen molar-refractivity contribution in [2.45, 2.75) is 6.42 Å². The molecular formula is C11H17FN2O4S2. The molecule has 0 radical (unpaired) electrons. The lowest BCUT2D eigenvalue weighted by atomic mass is 10.3. The lowest BCUT2D eigenvalue weighted by Gasteiger charge is -2.24. The number of hydrogen-bond donors (Lipinski definition) is 1. The Morgan fingerprint density at radius 1 is 1.20 bits per heavy atom. The molecule has 1 rings (SSSR count). The molecule has 0 spiro atoms. The molecule has 0 saturated carbocycles. The van der Waals surface area contributed by atoms with E-state index in [0.29, 0.717) is 0 Å². The summed E-state index contributed by atoms with van der Waals surface area (Å²) in [6.07, 6.45) is 1.10. The number of sulfone groups is 1. The van der Waals surface area contributed by atoms with Gasteiger partial charge in [0.2, 0.25) is 10.0 Å². The summed E-state index contributed by atoms with van der Waals surface area (Å²) in [5, 5.41) is -1.07. The zero-order valence-electron chi connectivity index (χ0n) is 11.0. The van der Waals surface area contributed by atoms with Crippen molar-refractivity contribution in [3.05, 3.63) is 30.1 Å². The second-order valence-corrected chi connectivity index (χ2v) is 8.72. The van der Waals surface area contributed by atoms with Gasteiger partial charge in [0.25, 0.3) is 0 Å². The van der Waals surface area contributed by atoms with E-state index in [4.69, 9.17) is 5.73 Å². The van der Waals surface area contributed by atoms with Crippen LogP contribution >= 0.6 is 0 Å². The molecule has 0 aromatic heterocycles. The average Bonchev–Trinajstić information content (AvgIpc) is 2.28. The maximum atomic E-state index is 13.7. The predicted octanol–water partition coefficient (Wildman–Crippen LogP) is 0.313. The highest BCUT2D eigenvalue weighted by molar-refractivity contribution is 8.08. The molecule has 0 heterocycles. The zero-order valence-corrected chi connectivity index (χ0v) is 12.6. The van der Waals surface area contributed by atoms with Gasteiger partial charge in [-0.25, -0.2) is 21.2 Å². The minimum Gasteiger partial charge on any atom is -0.330 e. The minimum atomic E-state index is -4.18. The first-order valence-electron chi connectivity index (χ1n) is 5.80. The molecule has 20 heavy (non-hydrogen) atoms. The van der Waals surface area contributed by atoms with Gasteiger partial charge in [-0.15, -0.1) is 0 Å². The molecule has 0 atom stereocenters. The Hall–Kier alpha value is -1.19. The molecule has 0 aliphatic heterocycles. The number of nitrogens with two attached hydrogens (primary N) is 1. The fourth-order valence-electron chi connectivity index (χ4n) is 1.63. The third-order valence-electron chi connectivity index (χ3n) is 2.39. The number of hydrogen-bond acceptors (Lipinski definition) is 5. The fraction of sp³-hybridized carbons (Fsp3) is 0.455. The Morgan fingerprint density at radius 2 is 1.80 bits per heavy atom. The predicted molar refractivity (Wildman–Crippen MR) is 76.0 cm³/mol. The van der Waals surface area contributed by atoms with Gasteiger partial charge in [-0.3, -0.25) is 4.31 Å². The van der Waals surface area contributed by atoms with E-state index < -0.39 is 30.8 Å². The van der Waals surface area contributed by atoms with Gasteiger partial charge in [0.15, 0.2) is 14.9 Å². The van der Waals surface area contributed by atoms with E-state index in [9.17, 15) is 21.2 Å². The van der Waals surface area contributed by atoms with Gasteiger partial charge in [-0.1, -0.05) is 12.1 Å². The van der Waals surface area contributed by atoms with Crippen molar-refractivity contribution in [1.29, 1.82) is 0 Å². The average molecular weight is 324 g/mol. The number of para-hydroxylation sites is 1. The molecule has 0 aliphatic rings. The molecule has 6 nitrogen and oxygen atoms in total. The minimum absolute atomic E-state index is 0.0741. The number of nitrogens with zero attached hydrogens (tertiary/aromatic N) is 1. The highest BCUT2D eigenvalue weighted by atomic mass is 32.3. The molecule has 0 aliphatic carbocycles. The van der Waals surface area contributed by atoms with Crippen LogP contribution in [0.15, 0.2) is 24.3 Å². The van der Waals surface area contributed by atoms with Crippen molar-refractivity contribution < 1.29 is 21.2 Å². The van der Waals surface area contributed by atoms with Crippen LogP contribution in [-0.4, -0.2) is 41.3 Å². The smallest absolute Gasteiger partial charge is 0.249 e. The molecule has 0 unspecified atom stereocenters. The molecule has 0 amide bonds. The summed E-state index contributed by atoms with van der Waals surface area (Å²) < 4.78 is 61.2. The van der Waals surface area contributed by atoms with Gasteiger partial charge < -0.3 is 5.73 Å². The Labute approximate surface area is 118 Å². The van der Waals surface area contributed by atoms with E-state index in [1.807, 2.05) is 0 Å². The van der Waals surface area contributed by atoms with Crippen molar-refractivity contribution in [3.63, 3.8) is 0 Å². The third kappa shape index (κ3) is 4.73. The third-order valence-corrected chi connectivity index (χ3v) is 6.34. The molecule has 9 heteroatoms. The van der Waals surface area contributed by atoms with E-state index in [-0.39, 0.29) is 25.2 Å². The van der Waals surface area contributed by atoms with Crippen molar-refractivity contribution in [2.75, 3.05) is 28.7 Å². The number of anilines is 1. The van der Waals surface area contributed by atoms with Crippen molar-refractivity contribution in [3.8, 4) is 0 Å². The summed E-state index contributed by atoms with van der Waals surface area (Å²) >= 11 is 0. The van der Waals surface area contributed by atoms with E-state index in [1.54, 1.807) is 0 Å². The standard InChI is InChI=1S/C11H17FN2O4S2/c1-19(15,16)9-20(17,18)14(8-4-7-13)11-6-3-2-5-10(11)12/h2-3,5-6H,4,7-9,13H2,1H3. The van der Waals surface area contributed by atoms with Crippen molar-refractivity contribution in [2.24, 2.45) is 5.73 Å². The number of rotatable bonds is 7. The van der Waals surface area contributed by atoms with Crippen LogP contribution in [0.5, 0.6) is 0 Å². The summed E-state index contributed by atoms with van der Waals surface area (Å²) in [6.45, 7) is 0.134. The SMILES string of the molecule is CS(=O)(=O)CS(=O)(=O)N(CCCN)c1ccccc1F. The quantitative estimate of drug-likeness (QED) is 0.778. The lowest BCUT2D eigenvalue weighted by molar-refractivity contribution is 0.582. The summed E-state index contributed by atoms with van der Waals surface area (Å²) in [6, 6.07) is 5.29. The Morgan fingerprint density at radius 3 is 2.30 bits per heavy atom. The summed E-state index contributed by atoms with van der Waals surface area (Å²) in [5.74, 6) is -0.735. The Kier molecular flexibility index (Phi) is 5.49. The highest BCUT2D eigenvalue weighted by Gasteiger charge is 2.28. The summed E-state index contributed by atoms with van der Waals surface area (Å²) in [7, 11) is -7.93. The van der Waals surface area contributed by atoms with Gasteiger partial charge in [0, 0.05) is 12.8 Å². The Bertz CT molecular complexity index is 659. The summed E-state index contributed by atoms with van der Waals surface area (Å²) in [4.78, 5) is 0. The number of sulfonamides is 1. The van der Waals surface area contributed by atoms with Crippen LogP contribution in [0, 0.1) is 5.82 Å². The first-order valence-corrected chi connectivity index (χ1v) is 9.47. The van der Waals surface area contributed by atoms with Crippen LogP contribution in [0.2, 0.25) is 0 Å². The molecule has 2 N–H and O–H groups in total. The van der Waals surface area contributed by atoms with E-state index >= 15 is 0 Å². The molecule has 114 valence electrons. The molecular weight excluding hydrogens is 307 g/mol. The van der Waals surface area contributed by atoms with Crippen LogP contribution in [0.25, 0.3) is 0 Å². The normalized spacial score (nSPS) is 12.3. The van der Waals surface area contributed by atoms with Crippen molar-refractivity contribution >= 4 is 25.5 Å². The van der Waals surface area contributed by atoms with Gasteiger partial charge in [-0.2, -0.15) is 0 Å². The fourth-order valence-corrected chi connectivity index (χ4v) is 5.16. The topological polar surface area (TPSA) is 97.5 Å². The van der Waals surface area contributed by atoms with Crippen LogP contribution in [-0.2, 0) is 19.9 Å². The van der Waals surface area contributed by atoms with Gasteiger partial charge in [0.1, 0.15) is 5.82 Å². The summed E-state index contributed by atoms with van der Waals surface area (Å²) in [5.41, 5.74) is 5.15. The van der Waals surface area contributed by atoms with E-state index in [1.165, 1.54) is 18.2 Å². The first kappa shape index (κ1) is 16.9. The molecule has 0 fully saturated rings.